The van der Waals surface area contributed by atoms with Gasteiger partial charge >= 0.3 is 0 Å². The van der Waals surface area contributed by atoms with E-state index < -0.39 is 0 Å². The monoisotopic (exact) mass is 259 g/mol. The maximum Gasteiger partial charge on any atom is 0.119 e. The van der Waals surface area contributed by atoms with E-state index in [0.29, 0.717) is 12.2 Å². The summed E-state index contributed by atoms with van der Waals surface area (Å²) in [5, 5.41) is 8.66. The van der Waals surface area contributed by atoms with E-state index in [0.717, 1.165) is 23.0 Å². The number of hydrogen-bond acceptors (Lipinski definition) is 4. The second kappa shape index (κ2) is 6.77. The van der Waals surface area contributed by atoms with Gasteiger partial charge in [0.25, 0.3) is 0 Å². The first kappa shape index (κ1) is 12.6. The third kappa shape index (κ3) is 3.86. The van der Waals surface area contributed by atoms with E-state index in [1.54, 1.807) is 30.2 Å². The van der Waals surface area contributed by atoms with E-state index in [1.807, 2.05) is 24.3 Å². The van der Waals surface area contributed by atoms with Crippen LogP contribution < -0.4 is 4.74 Å². The molecule has 0 aliphatic heterocycles. The minimum absolute atomic E-state index is 0.648. The van der Waals surface area contributed by atoms with Gasteiger partial charge in [0.2, 0.25) is 0 Å². The van der Waals surface area contributed by atoms with Crippen molar-refractivity contribution in [3.63, 3.8) is 0 Å². The average Bonchev–Trinajstić information content (AvgIpc) is 2.92. The van der Waals surface area contributed by atoms with E-state index in [9.17, 15) is 0 Å². The lowest BCUT2D eigenvalue weighted by Gasteiger charge is -2.05. The highest BCUT2D eigenvalue weighted by atomic mass is 32.2. The quantitative estimate of drug-likeness (QED) is 0.745. The van der Waals surface area contributed by atoms with Crippen molar-refractivity contribution in [2.75, 3.05) is 12.4 Å². The molecule has 2 rings (SSSR count). The fourth-order valence-electron chi connectivity index (χ4n) is 1.41. The Morgan fingerprint density at radius 3 is 2.72 bits per heavy atom. The number of rotatable bonds is 6. The molecule has 92 valence electrons. The third-order valence-electron chi connectivity index (χ3n) is 2.30. The molecule has 0 saturated carbocycles. The van der Waals surface area contributed by atoms with Crippen LogP contribution in [0.2, 0.25) is 0 Å². The third-order valence-corrected chi connectivity index (χ3v) is 3.25. The van der Waals surface area contributed by atoms with Crippen LogP contribution in [0, 0.1) is 11.3 Å². The fourth-order valence-corrected chi connectivity index (χ4v) is 2.12. The normalized spacial score (nSPS) is 9.94. The van der Waals surface area contributed by atoms with Gasteiger partial charge in [-0.25, -0.2) is 0 Å². The van der Waals surface area contributed by atoms with E-state index >= 15 is 0 Å². The number of benzene rings is 1. The van der Waals surface area contributed by atoms with E-state index in [-0.39, 0.29) is 0 Å². The van der Waals surface area contributed by atoms with Gasteiger partial charge in [-0.05, 0) is 36.4 Å². The van der Waals surface area contributed by atoms with Crippen molar-refractivity contribution in [2.45, 2.75) is 5.75 Å². The van der Waals surface area contributed by atoms with Gasteiger partial charge in [-0.15, -0.1) is 0 Å². The lowest BCUT2D eigenvalue weighted by Crippen LogP contribution is -2.00. The van der Waals surface area contributed by atoms with Crippen molar-refractivity contribution in [3.8, 4) is 11.8 Å². The number of furan rings is 1. The van der Waals surface area contributed by atoms with Gasteiger partial charge < -0.3 is 9.15 Å². The van der Waals surface area contributed by atoms with Crippen LogP contribution in [0.15, 0.2) is 47.1 Å². The predicted octanol–water partition coefficient (Wildman–Crippen LogP) is 3.46. The van der Waals surface area contributed by atoms with Crippen molar-refractivity contribution in [2.24, 2.45) is 0 Å². The molecule has 1 heterocycles. The maximum absolute atomic E-state index is 8.66. The van der Waals surface area contributed by atoms with Crippen molar-refractivity contribution in [1.82, 2.24) is 0 Å². The SMILES string of the molecule is N#Cc1ccc(OCCSCc2ccco2)cc1. The van der Waals surface area contributed by atoms with Gasteiger partial charge in [0, 0.05) is 5.75 Å². The summed E-state index contributed by atoms with van der Waals surface area (Å²) in [7, 11) is 0. The van der Waals surface area contributed by atoms with Gasteiger partial charge in [0.05, 0.1) is 30.3 Å². The highest BCUT2D eigenvalue weighted by Gasteiger charge is 1.97. The summed E-state index contributed by atoms with van der Waals surface area (Å²) in [4.78, 5) is 0. The summed E-state index contributed by atoms with van der Waals surface area (Å²) in [6.45, 7) is 0.650. The van der Waals surface area contributed by atoms with Crippen molar-refractivity contribution in [3.05, 3.63) is 54.0 Å². The van der Waals surface area contributed by atoms with Crippen LogP contribution in [0.5, 0.6) is 5.75 Å². The first-order valence-electron chi connectivity index (χ1n) is 5.61. The zero-order chi connectivity index (χ0) is 12.6. The molecule has 0 fully saturated rings. The molecule has 3 nitrogen and oxygen atoms in total. The molecule has 0 bridgehead atoms. The highest BCUT2D eigenvalue weighted by molar-refractivity contribution is 7.98. The smallest absolute Gasteiger partial charge is 0.119 e. The molecule has 0 N–H and O–H groups in total. The predicted molar refractivity (Wildman–Crippen MR) is 71.5 cm³/mol. The summed E-state index contributed by atoms with van der Waals surface area (Å²) in [6.07, 6.45) is 1.68. The Morgan fingerprint density at radius 2 is 2.06 bits per heavy atom. The van der Waals surface area contributed by atoms with Crippen LogP contribution in [0.4, 0.5) is 0 Å². The standard InChI is InChI=1S/C14H13NO2S/c15-10-12-3-5-13(6-4-12)17-8-9-18-11-14-2-1-7-16-14/h1-7H,8-9,11H2. The number of nitriles is 1. The van der Waals surface area contributed by atoms with Crippen molar-refractivity contribution in [1.29, 1.82) is 5.26 Å². The molecule has 0 aliphatic carbocycles. The second-order valence-electron chi connectivity index (χ2n) is 3.62. The van der Waals surface area contributed by atoms with Crippen LogP contribution in [0.25, 0.3) is 0 Å². The minimum atomic E-state index is 0.648. The van der Waals surface area contributed by atoms with E-state index in [4.69, 9.17) is 14.4 Å². The van der Waals surface area contributed by atoms with E-state index in [2.05, 4.69) is 6.07 Å². The molecule has 0 atom stereocenters. The fraction of sp³-hybridized carbons (Fsp3) is 0.214. The second-order valence-corrected chi connectivity index (χ2v) is 4.72. The van der Waals surface area contributed by atoms with E-state index in [1.165, 1.54) is 0 Å². The molecule has 0 radical (unpaired) electrons. The first-order chi connectivity index (χ1) is 8.88. The van der Waals surface area contributed by atoms with Gasteiger partial charge in [-0.3, -0.25) is 0 Å². The molecule has 1 aromatic carbocycles. The summed E-state index contributed by atoms with van der Waals surface area (Å²) < 4.78 is 10.8. The van der Waals surface area contributed by atoms with Crippen LogP contribution in [0.1, 0.15) is 11.3 Å². The van der Waals surface area contributed by atoms with Crippen molar-refractivity contribution >= 4 is 11.8 Å². The number of nitrogens with zero attached hydrogens (tertiary/aromatic N) is 1. The van der Waals surface area contributed by atoms with Crippen molar-refractivity contribution < 1.29 is 9.15 Å². The minimum Gasteiger partial charge on any atom is -0.493 e. The largest absolute Gasteiger partial charge is 0.493 e. The summed E-state index contributed by atoms with van der Waals surface area (Å²) >= 11 is 1.77. The zero-order valence-corrected chi connectivity index (χ0v) is 10.7. The number of ether oxygens (including phenoxy) is 1. The first-order valence-corrected chi connectivity index (χ1v) is 6.77. The summed E-state index contributed by atoms with van der Waals surface area (Å²) in [5.41, 5.74) is 0.648. The summed E-state index contributed by atoms with van der Waals surface area (Å²) in [6, 6.07) is 13.1. The highest BCUT2D eigenvalue weighted by Crippen LogP contribution is 2.14. The Bertz CT molecular complexity index is 500. The molecular weight excluding hydrogens is 246 g/mol. The molecule has 18 heavy (non-hydrogen) atoms. The molecule has 0 saturated heterocycles. The Balaban J connectivity index is 1.64. The molecule has 4 heteroatoms. The molecule has 0 spiro atoms. The average molecular weight is 259 g/mol. The zero-order valence-electron chi connectivity index (χ0n) is 9.83. The number of hydrogen-bond donors (Lipinski definition) is 0. The van der Waals surface area contributed by atoms with Gasteiger partial charge in [-0.2, -0.15) is 17.0 Å². The topological polar surface area (TPSA) is 46.2 Å². The Hall–Kier alpha value is -1.86. The molecule has 0 aliphatic rings. The molecule has 2 aromatic rings. The maximum atomic E-state index is 8.66. The lowest BCUT2D eigenvalue weighted by molar-refractivity contribution is 0.344. The lowest BCUT2D eigenvalue weighted by atomic mass is 10.2. The van der Waals surface area contributed by atoms with Gasteiger partial charge in [-0.1, -0.05) is 0 Å². The molecule has 0 unspecified atom stereocenters. The Morgan fingerprint density at radius 1 is 1.22 bits per heavy atom. The Kier molecular flexibility index (Phi) is 4.74. The summed E-state index contributed by atoms with van der Waals surface area (Å²) in [5.74, 6) is 3.55. The van der Waals surface area contributed by atoms with Crippen LogP contribution in [-0.4, -0.2) is 12.4 Å². The molecule has 0 amide bonds. The van der Waals surface area contributed by atoms with Crippen LogP contribution in [0.3, 0.4) is 0 Å². The number of thioether (sulfide) groups is 1. The van der Waals surface area contributed by atoms with Crippen LogP contribution in [-0.2, 0) is 5.75 Å². The van der Waals surface area contributed by atoms with Crippen LogP contribution >= 0.6 is 11.8 Å². The van der Waals surface area contributed by atoms with Gasteiger partial charge in [0.1, 0.15) is 11.5 Å². The molecular formula is C14H13NO2S. The van der Waals surface area contributed by atoms with Gasteiger partial charge in [0.15, 0.2) is 0 Å². The Labute approximate surface area is 110 Å². The molecule has 1 aromatic heterocycles.